The number of carboxylic acid groups (broad SMARTS) is 1. The second-order valence-corrected chi connectivity index (χ2v) is 9.07. The summed E-state index contributed by atoms with van der Waals surface area (Å²) >= 11 is 0. The Morgan fingerprint density at radius 1 is 1.12 bits per heavy atom. The van der Waals surface area contributed by atoms with Crippen LogP contribution in [-0.4, -0.2) is 34.6 Å². The van der Waals surface area contributed by atoms with Gasteiger partial charge in [0.2, 0.25) is 5.91 Å². The Kier molecular flexibility index (Phi) is 6.14. The molecule has 1 aliphatic heterocycles. The van der Waals surface area contributed by atoms with Crippen molar-refractivity contribution in [1.82, 2.24) is 4.90 Å². The predicted molar refractivity (Wildman–Crippen MR) is 129 cm³/mol. The van der Waals surface area contributed by atoms with E-state index in [0.29, 0.717) is 23.7 Å². The molecule has 0 radical (unpaired) electrons. The van der Waals surface area contributed by atoms with Gasteiger partial charge in [0, 0.05) is 6.20 Å². The molecule has 1 saturated carbocycles. The van der Waals surface area contributed by atoms with Gasteiger partial charge in [0.15, 0.2) is 11.5 Å². The largest absolute Gasteiger partial charge is 0.490 e. The Hall–Kier alpha value is -3.54. The highest BCUT2D eigenvalue weighted by molar-refractivity contribution is 5.95. The van der Waals surface area contributed by atoms with Gasteiger partial charge in [0.25, 0.3) is 0 Å². The number of ether oxygens (including phenoxy) is 2. The summed E-state index contributed by atoms with van der Waals surface area (Å²) in [5.41, 5.74) is 1.59. The molecule has 3 aliphatic rings. The van der Waals surface area contributed by atoms with Crippen molar-refractivity contribution in [3.8, 4) is 11.5 Å². The van der Waals surface area contributed by atoms with Crippen molar-refractivity contribution >= 4 is 24.0 Å². The van der Waals surface area contributed by atoms with Crippen LogP contribution in [0.1, 0.15) is 50.6 Å². The smallest absolute Gasteiger partial charge is 0.305 e. The Morgan fingerprint density at radius 2 is 1.88 bits per heavy atom. The fourth-order valence-electron chi connectivity index (χ4n) is 5.12. The van der Waals surface area contributed by atoms with Gasteiger partial charge in [-0.1, -0.05) is 36.4 Å². The van der Waals surface area contributed by atoms with E-state index in [4.69, 9.17) is 9.47 Å². The zero-order valence-electron chi connectivity index (χ0n) is 19.3. The molecule has 6 nitrogen and oxygen atoms in total. The van der Waals surface area contributed by atoms with Crippen LogP contribution < -0.4 is 19.9 Å². The highest BCUT2D eigenvalue weighted by Gasteiger charge is 2.37. The van der Waals surface area contributed by atoms with Crippen LogP contribution in [-0.2, 0) is 9.59 Å². The summed E-state index contributed by atoms with van der Waals surface area (Å²) in [4.78, 5) is 26.8. The molecule has 1 N–H and O–H groups in total. The number of amides is 1. The average molecular weight is 460 g/mol. The fraction of sp³-hybridized carbons (Fsp3) is 0.357. The predicted octanol–water partition coefficient (Wildman–Crippen LogP) is 3.54. The molecule has 0 saturated heterocycles. The molecule has 2 unspecified atom stereocenters. The van der Waals surface area contributed by atoms with E-state index in [1.54, 1.807) is 11.1 Å². The first-order valence-corrected chi connectivity index (χ1v) is 12.0. The molecule has 0 aromatic heterocycles. The SMILES string of the molecule is CCOc1cc(C(CC(=O)O)N2C=C3C=c4ccccc4=CC3C2=O)ccc1OC1CCCC1. The minimum atomic E-state index is -0.966. The number of nitrogens with zero attached hydrogens (tertiary/aromatic N) is 1. The third-order valence-corrected chi connectivity index (χ3v) is 6.78. The summed E-state index contributed by atoms with van der Waals surface area (Å²) in [5.74, 6) is -0.224. The van der Waals surface area contributed by atoms with E-state index >= 15 is 0 Å². The van der Waals surface area contributed by atoms with Crippen LogP contribution in [0.2, 0.25) is 0 Å². The quantitative estimate of drug-likeness (QED) is 0.654. The zero-order chi connectivity index (χ0) is 23.7. The Morgan fingerprint density at radius 3 is 2.62 bits per heavy atom. The maximum Gasteiger partial charge on any atom is 0.305 e. The van der Waals surface area contributed by atoms with E-state index < -0.39 is 17.9 Å². The summed E-state index contributed by atoms with van der Waals surface area (Å²) in [6.45, 7) is 2.37. The number of carbonyl (C=O) groups is 2. The summed E-state index contributed by atoms with van der Waals surface area (Å²) in [6.07, 6.45) is 10.1. The number of rotatable bonds is 8. The minimum absolute atomic E-state index is 0.115. The standard InChI is InChI=1S/C28H29NO5/c1-2-33-26-15-20(11-12-25(26)34-22-9-5-6-10-22)24(16-27(30)31)29-17-21-13-18-7-3-4-8-19(18)14-23(21)28(29)32/h3-4,7-8,11-15,17,22-24H,2,5-6,9-10,16H2,1H3,(H,30,31). The van der Waals surface area contributed by atoms with Crippen LogP contribution >= 0.6 is 0 Å². The van der Waals surface area contributed by atoms with E-state index in [-0.39, 0.29) is 18.4 Å². The van der Waals surface area contributed by atoms with Crippen molar-refractivity contribution in [2.45, 2.75) is 51.2 Å². The van der Waals surface area contributed by atoms with Gasteiger partial charge in [-0.25, -0.2) is 0 Å². The second kappa shape index (κ2) is 9.37. The van der Waals surface area contributed by atoms with Crippen LogP contribution in [0.4, 0.5) is 0 Å². The van der Waals surface area contributed by atoms with Gasteiger partial charge >= 0.3 is 5.97 Å². The molecule has 6 heteroatoms. The van der Waals surface area contributed by atoms with Crippen LogP contribution in [0.3, 0.4) is 0 Å². The molecular weight excluding hydrogens is 430 g/mol. The molecule has 1 amide bonds. The number of hydrogen-bond donors (Lipinski definition) is 1. The van der Waals surface area contributed by atoms with E-state index in [2.05, 4.69) is 0 Å². The monoisotopic (exact) mass is 459 g/mol. The Balaban J connectivity index is 1.49. The maximum absolute atomic E-state index is 13.4. The lowest BCUT2D eigenvalue weighted by atomic mass is 9.94. The average Bonchev–Trinajstić information content (AvgIpc) is 3.45. The van der Waals surface area contributed by atoms with Gasteiger partial charge in [-0.05, 0) is 72.4 Å². The van der Waals surface area contributed by atoms with Crippen LogP contribution in [0.25, 0.3) is 12.2 Å². The summed E-state index contributed by atoms with van der Waals surface area (Å²) in [6, 6.07) is 12.8. The minimum Gasteiger partial charge on any atom is -0.490 e. The number of carboxylic acids is 1. The van der Waals surface area contributed by atoms with E-state index in [0.717, 1.165) is 41.7 Å². The first kappa shape index (κ1) is 22.3. The molecule has 0 spiro atoms. The molecule has 1 heterocycles. The van der Waals surface area contributed by atoms with Crippen molar-refractivity contribution in [1.29, 1.82) is 0 Å². The van der Waals surface area contributed by atoms with Crippen LogP contribution in [0, 0.1) is 5.92 Å². The second-order valence-electron chi connectivity index (χ2n) is 9.07. The molecule has 2 atom stereocenters. The Labute approximate surface area is 198 Å². The number of carbonyl (C=O) groups excluding carboxylic acids is 1. The van der Waals surface area contributed by atoms with E-state index in [9.17, 15) is 14.7 Å². The first-order valence-electron chi connectivity index (χ1n) is 12.0. The summed E-state index contributed by atoms with van der Waals surface area (Å²) in [5, 5.41) is 11.8. The third-order valence-electron chi connectivity index (χ3n) is 6.78. The van der Waals surface area contributed by atoms with E-state index in [1.165, 1.54) is 0 Å². The summed E-state index contributed by atoms with van der Waals surface area (Å²) < 4.78 is 12.1. The van der Waals surface area contributed by atoms with Crippen molar-refractivity contribution < 1.29 is 24.2 Å². The van der Waals surface area contributed by atoms with Crippen molar-refractivity contribution in [3.05, 3.63) is 70.2 Å². The fourth-order valence-corrected chi connectivity index (χ4v) is 5.12. The van der Waals surface area contributed by atoms with Gasteiger partial charge in [-0.3, -0.25) is 9.59 Å². The van der Waals surface area contributed by atoms with Gasteiger partial charge in [-0.15, -0.1) is 0 Å². The molecule has 176 valence electrons. The molecule has 2 aliphatic carbocycles. The highest BCUT2D eigenvalue weighted by atomic mass is 16.5. The van der Waals surface area contributed by atoms with Crippen molar-refractivity contribution in [2.24, 2.45) is 5.92 Å². The third kappa shape index (κ3) is 4.32. The number of fused-ring (bicyclic) bond motifs is 2. The van der Waals surface area contributed by atoms with Gasteiger partial charge in [0.1, 0.15) is 0 Å². The van der Waals surface area contributed by atoms with Gasteiger partial charge in [0.05, 0.1) is 31.1 Å². The molecule has 1 fully saturated rings. The Bertz CT molecular complexity index is 1260. The lowest BCUT2D eigenvalue weighted by Gasteiger charge is -2.27. The maximum atomic E-state index is 13.4. The first-order chi connectivity index (χ1) is 16.5. The van der Waals surface area contributed by atoms with Crippen LogP contribution in [0.5, 0.6) is 11.5 Å². The zero-order valence-corrected chi connectivity index (χ0v) is 19.3. The molecular formula is C28H29NO5. The highest BCUT2D eigenvalue weighted by Crippen LogP contribution is 2.39. The number of hydrogen-bond acceptors (Lipinski definition) is 4. The number of benzene rings is 2. The van der Waals surface area contributed by atoms with Gasteiger partial charge < -0.3 is 19.5 Å². The lowest BCUT2D eigenvalue weighted by molar-refractivity contribution is -0.139. The number of aliphatic carboxylic acids is 1. The van der Waals surface area contributed by atoms with Crippen LogP contribution in [0.15, 0.2) is 54.2 Å². The molecule has 2 aromatic carbocycles. The topological polar surface area (TPSA) is 76.1 Å². The summed E-state index contributed by atoms with van der Waals surface area (Å²) in [7, 11) is 0. The molecule has 0 bridgehead atoms. The molecule has 34 heavy (non-hydrogen) atoms. The normalized spacial score (nSPS) is 20.0. The lowest BCUT2D eigenvalue weighted by Crippen LogP contribution is -2.34. The van der Waals surface area contributed by atoms with E-state index in [1.807, 2.05) is 61.5 Å². The van der Waals surface area contributed by atoms with Gasteiger partial charge in [-0.2, -0.15) is 0 Å². The molecule has 2 aromatic rings. The van der Waals surface area contributed by atoms with Crippen molar-refractivity contribution in [2.75, 3.05) is 6.61 Å². The van der Waals surface area contributed by atoms with Crippen molar-refractivity contribution in [3.63, 3.8) is 0 Å². The molecule has 5 rings (SSSR count).